The third-order valence-corrected chi connectivity index (χ3v) is 5.85. The summed E-state index contributed by atoms with van der Waals surface area (Å²) in [7, 11) is 0. The average molecular weight is 430 g/mol. The second kappa shape index (κ2) is 9.91. The number of nitrogens with one attached hydrogen (secondary N) is 1. The normalized spacial score (nSPS) is 20.2. The van der Waals surface area contributed by atoms with Crippen molar-refractivity contribution in [3.63, 3.8) is 0 Å². The van der Waals surface area contributed by atoms with E-state index in [2.05, 4.69) is 10.2 Å². The van der Waals surface area contributed by atoms with Crippen molar-refractivity contribution in [2.24, 2.45) is 0 Å². The number of H-pyrrole nitrogens is 1. The highest BCUT2D eigenvalue weighted by molar-refractivity contribution is 5.79. The zero-order valence-corrected chi connectivity index (χ0v) is 17.3. The lowest BCUT2D eigenvalue weighted by Crippen LogP contribution is -2.55. The van der Waals surface area contributed by atoms with Crippen molar-refractivity contribution in [3.05, 3.63) is 48.0 Å². The average Bonchev–Trinajstić information content (AvgIpc) is 3.32. The molecule has 1 aromatic heterocycles. The minimum absolute atomic E-state index is 0.0252. The quantitative estimate of drug-likeness (QED) is 0.724. The molecule has 4 rings (SSSR count). The van der Waals surface area contributed by atoms with Gasteiger partial charge in [-0.2, -0.15) is 5.10 Å². The second-order valence-corrected chi connectivity index (χ2v) is 7.96. The standard InChI is InChI=1S/C22H27FN4O4/c23-17-2-4-19(5-3-17)30-14-20-13-27(22(29)15-31-20)18-7-9-26(10-8-18)21(28)6-1-16-11-24-25-12-16/h2-5,11-12,18,20H,1,6-10,13-15H2,(H,24,25). The van der Waals surface area contributed by atoms with E-state index in [4.69, 9.17) is 9.47 Å². The summed E-state index contributed by atoms with van der Waals surface area (Å²) in [5, 5.41) is 6.66. The van der Waals surface area contributed by atoms with Crippen molar-refractivity contribution in [1.82, 2.24) is 20.0 Å². The molecule has 2 aliphatic heterocycles. The van der Waals surface area contributed by atoms with E-state index >= 15 is 0 Å². The van der Waals surface area contributed by atoms with Gasteiger partial charge < -0.3 is 19.3 Å². The molecule has 1 aromatic carbocycles. The Hall–Kier alpha value is -2.94. The van der Waals surface area contributed by atoms with Crippen molar-refractivity contribution in [2.75, 3.05) is 32.8 Å². The van der Waals surface area contributed by atoms with E-state index in [-0.39, 0.29) is 36.4 Å². The van der Waals surface area contributed by atoms with Crippen LogP contribution in [0.15, 0.2) is 36.7 Å². The SMILES string of the molecule is O=C(CCc1cn[nH]c1)N1CCC(N2CC(COc3ccc(F)cc3)OCC2=O)CC1. The first-order valence-corrected chi connectivity index (χ1v) is 10.6. The minimum atomic E-state index is -0.315. The number of carbonyl (C=O) groups excluding carboxylic acids is 2. The topological polar surface area (TPSA) is 87.8 Å². The fourth-order valence-electron chi connectivity index (χ4n) is 4.07. The van der Waals surface area contributed by atoms with Crippen LogP contribution >= 0.6 is 0 Å². The number of likely N-dealkylation sites (tertiary alicyclic amines) is 1. The summed E-state index contributed by atoms with van der Waals surface area (Å²) in [6.45, 7) is 2.08. The van der Waals surface area contributed by atoms with Gasteiger partial charge in [-0.3, -0.25) is 14.7 Å². The number of rotatable bonds is 7. The van der Waals surface area contributed by atoms with Crippen LogP contribution in [0.1, 0.15) is 24.8 Å². The molecule has 0 aliphatic carbocycles. The lowest BCUT2D eigenvalue weighted by Gasteiger charge is -2.42. The van der Waals surface area contributed by atoms with Gasteiger partial charge in [0.25, 0.3) is 0 Å². The van der Waals surface area contributed by atoms with E-state index in [1.165, 1.54) is 12.1 Å². The largest absolute Gasteiger partial charge is 0.491 e. The summed E-state index contributed by atoms with van der Waals surface area (Å²) in [5.74, 6) is 0.362. The Morgan fingerprint density at radius 1 is 1.26 bits per heavy atom. The molecule has 9 heteroatoms. The first-order chi connectivity index (χ1) is 15.1. The number of carbonyl (C=O) groups is 2. The van der Waals surface area contributed by atoms with Gasteiger partial charge in [-0.15, -0.1) is 0 Å². The monoisotopic (exact) mass is 430 g/mol. The summed E-state index contributed by atoms with van der Waals surface area (Å²) >= 11 is 0. The summed E-state index contributed by atoms with van der Waals surface area (Å²) in [6, 6.07) is 5.93. The highest BCUT2D eigenvalue weighted by atomic mass is 19.1. The molecule has 0 saturated carbocycles. The van der Waals surface area contributed by atoms with Gasteiger partial charge in [0.1, 0.15) is 30.9 Å². The molecular formula is C22H27FN4O4. The molecule has 1 unspecified atom stereocenters. The van der Waals surface area contributed by atoms with Gasteiger partial charge in [-0.25, -0.2) is 4.39 Å². The Bertz CT molecular complexity index is 866. The van der Waals surface area contributed by atoms with Crippen LogP contribution in [0.3, 0.4) is 0 Å². The molecular weight excluding hydrogens is 403 g/mol. The van der Waals surface area contributed by atoms with Crippen molar-refractivity contribution < 1.29 is 23.5 Å². The van der Waals surface area contributed by atoms with Gasteiger partial charge >= 0.3 is 0 Å². The third-order valence-electron chi connectivity index (χ3n) is 5.85. The number of piperidine rings is 1. The fraction of sp³-hybridized carbons (Fsp3) is 0.500. The second-order valence-electron chi connectivity index (χ2n) is 7.96. The van der Waals surface area contributed by atoms with Crippen LogP contribution in [-0.4, -0.2) is 76.8 Å². The summed E-state index contributed by atoms with van der Waals surface area (Å²) in [4.78, 5) is 28.7. The van der Waals surface area contributed by atoms with Gasteiger partial charge in [0, 0.05) is 31.7 Å². The van der Waals surface area contributed by atoms with E-state index < -0.39 is 0 Å². The number of morpholine rings is 1. The molecule has 2 saturated heterocycles. The Morgan fingerprint density at radius 2 is 2.03 bits per heavy atom. The van der Waals surface area contributed by atoms with Crippen molar-refractivity contribution in [2.45, 2.75) is 37.8 Å². The molecule has 31 heavy (non-hydrogen) atoms. The van der Waals surface area contributed by atoms with Crippen LogP contribution in [0.4, 0.5) is 4.39 Å². The Morgan fingerprint density at radius 3 is 2.74 bits per heavy atom. The summed E-state index contributed by atoms with van der Waals surface area (Å²) < 4.78 is 24.3. The molecule has 166 valence electrons. The van der Waals surface area contributed by atoms with Gasteiger partial charge in [0.2, 0.25) is 11.8 Å². The van der Waals surface area contributed by atoms with Crippen LogP contribution < -0.4 is 4.74 Å². The molecule has 2 aliphatic rings. The zero-order valence-electron chi connectivity index (χ0n) is 17.3. The number of ether oxygens (including phenoxy) is 2. The number of aryl methyl sites for hydroxylation is 1. The fourth-order valence-corrected chi connectivity index (χ4v) is 4.07. The highest BCUT2D eigenvalue weighted by Crippen LogP contribution is 2.22. The van der Waals surface area contributed by atoms with E-state index in [0.717, 1.165) is 18.4 Å². The molecule has 0 bridgehead atoms. The maximum atomic E-state index is 13.0. The zero-order chi connectivity index (χ0) is 21.6. The maximum absolute atomic E-state index is 13.0. The van der Waals surface area contributed by atoms with E-state index in [1.807, 2.05) is 9.80 Å². The smallest absolute Gasteiger partial charge is 0.248 e. The van der Waals surface area contributed by atoms with E-state index in [1.54, 1.807) is 24.5 Å². The number of nitrogens with zero attached hydrogens (tertiary/aromatic N) is 3. The number of halogens is 1. The molecule has 1 atom stereocenters. The first-order valence-electron chi connectivity index (χ1n) is 10.6. The molecule has 8 nitrogen and oxygen atoms in total. The van der Waals surface area contributed by atoms with E-state index in [9.17, 15) is 14.0 Å². The van der Waals surface area contributed by atoms with Crippen molar-refractivity contribution in [1.29, 1.82) is 0 Å². The minimum Gasteiger partial charge on any atom is -0.491 e. The molecule has 3 heterocycles. The predicted octanol–water partition coefficient (Wildman–Crippen LogP) is 1.78. The molecule has 2 aromatic rings. The summed E-state index contributed by atoms with van der Waals surface area (Å²) in [5.41, 5.74) is 1.02. The number of amides is 2. The molecule has 0 spiro atoms. The third kappa shape index (κ3) is 5.61. The number of aromatic nitrogens is 2. The Balaban J connectivity index is 1.23. The molecule has 2 fully saturated rings. The Kier molecular flexibility index (Phi) is 6.81. The number of aromatic amines is 1. The van der Waals surface area contributed by atoms with Crippen molar-refractivity contribution in [3.8, 4) is 5.75 Å². The van der Waals surface area contributed by atoms with Crippen LogP contribution in [0, 0.1) is 5.82 Å². The predicted molar refractivity (Wildman–Crippen MR) is 110 cm³/mol. The van der Waals surface area contributed by atoms with Crippen LogP contribution in [0.2, 0.25) is 0 Å². The van der Waals surface area contributed by atoms with Crippen LogP contribution in [-0.2, 0) is 20.7 Å². The van der Waals surface area contributed by atoms with Gasteiger partial charge in [0.05, 0.1) is 12.7 Å². The van der Waals surface area contributed by atoms with Crippen LogP contribution in [0.5, 0.6) is 5.75 Å². The molecule has 2 amide bonds. The molecule has 0 radical (unpaired) electrons. The lowest BCUT2D eigenvalue weighted by molar-refractivity contribution is -0.155. The van der Waals surface area contributed by atoms with Gasteiger partial charge in [0.15, 0.2) is 0 Å². The van der Waals surface area contributed by atoms with E-state index in [0.29, 0.717) is 44.8 Å². The van der Waals surface area contributed by atoms with Crippen molar-refractivity contribution >= 4 is 11.8 Å². The van der Waals surface area contributed by atoms with Crippen LogP contribution in [0.25, 0.3) is 0 Å². The van der Waals surface area contributed by atoms with Gasteiger partial charge in [-0.1, -0.05) is 0 Å². The number of hydrogen-bond donors (Lipinski definition) is 1. The first kappa shape index (κ1) is 21.3. The maximum Gasteiger partial charge on any atom is 0.248 e. The number of hydrogen-bond acceptors (Lipinski definition) is 5. The Labute approximate surface area is 180 Å². The molecule has 1 N–H and O–H groups in total. The lowest BCUT2D eigenvalue weighted by atomic mass is 10.0. The van der Waals surface area contributed by atoms with Gasteiger partial charge in [-0.05, 0) is 49.1 Å². The highest BCUT2D eigenvalue weighted by Gasteiger charge is 2.34. The summed E-state index contributed by atoms with van der Waals surface area (Å²) in [6.07, 6.45) is 5.96. The number of benzene rings is 1.